The van der Waals surface area contributed by atoms with Gasteiger partial charge in [-0.2, -0.15) is 4.39 Å². The van der Waals surface area contributed by atoms with Gasteiger partial charge in [-0.1, -0.05) is 13.3 Å². The molecular formula is C14H21BrCl2F2N2O. The zero-order valence-corrected chi connectivity index (χ0v) is 15.5. The van der Waals surface area contributed by atoms with Crippen LogP contribution < -0.4 is 5.32 Å². The van der Waals surface area contributed by atoms with Gasteiger partial charge in [-0.15, -0.1) is 24.8 Å². The van der Waals surface area contributed by atoms with Gasteiger partial charge in [0.25, 0.3) is 0 Å². The monoisotopic (exact) mass is 420 g/mol. The van der Waals surface area contributed by atoms with Crippen LogP contribution in [0.25, 0.3) is 0 Å². The van der Waals surface area contributed by atoms with Crippen molar-refractivity contribution in [2.75, 3.05) is 26.2 Å². The SMILES string of the molecule is CCC[C@H](c1cc(Br)c(F)c(F)c1O)N1CCNCC1.Cl.Cl. The second kappa shape index (κ2) is 9.88. The lowest BCUT2D eigenvalue weighted by atomic mass is 9.98. The Morgan fingerprint density at radius 2 is 1.86 bits per heavy atom. The second-order valence-electron chi connectivity index (χ2n) is 5.01. The van der Waals surface area contributed by atoms with Gasteiger partial charge in [0.15, 0.2) is 11.6 Å². The molecule has 8 heteroatoms. The fraction of sp³-hybridized carbons (Fsp3) is 0.571. The number of aromatic hydroxyl groups is 1. The Bertz CT molecular complexity index is 488. The van der Waals surface area contributed by atoms with Crippen molar-refractivity contribution in [1.82, 2.24) is 10.2 Å². The van der Waals surface area contributed by atoms with Gasteiger partial charge in [0, 0.05) is 37.8 Å². The minimum absolute atomic E-state index is 0. The lowest BCUT2D eigenvalue weighted by molar-refractivity contribution is 0.161. The number of hydrogen-bond acceptors (Lipinski definition) is 3. The lowest BCUT2D eigenvalue weighted by Crippen LogP contribution is -2.45. The standard InChI is InChI=1S/C14H19BrF2N2O.2ClH/c1-2-3-11(19-6-4-18-5-7-19)9-8-10(15)12(16)13(17)14(9)20;;/h8,11,18,20H,2-7H2,1H3;2*1H/t11-;;/m1../s1. The Morgan fingerprint density at radius 1 is 1.27 bits per heavy atom. The van der Waals surface area contributed by atoms with Crippen LogP contribution in [0.1, 0.15) is 31.4 Å². The number of benzene rings is 1. The number of piperazine rings is 1. The highest BCUT2D eigenvalue weighted by molar-refractivity contribution is 9.10. The quantitative estimate of drug-likeness (QED) is 0.720. The molecule has 128 valence electrons. The Hall–Kier alpha value is -0.140. The number of phenolic OH excluding ortho intramolecular Hbond substituents is 1. The molecule has 3 nitrogen and oxygen atoms in total. The van der Waals surface area contributed by atoms with Crippen molar-refractivity contribution >= 4 is 40.7 Å². The number of halogens is 5. The van der Waals surface area contributed by atoms with E-state index in [1.165, 1.54) is 6.07 Å². The Balaban J connectivity index is 0.00000220. The third kappa shape index (κ3) is 4.68. The number of nitrogens with one attached hydrogen (secondary N) is 1. The summed E-state index contributed by atoms with van der Waals surface area (Å²) in [5, 5.41) is 13.2. The van der Waals surface area contributed by atoms with Gasteiger partial charge in [-0.25, -0.2) is 4.39 Å². The van der Waals surface area contributed by atoms with Gasteiger partial charge in [-0.3, -0.25) is 4.90 Å². The van der Waals surface area contributed by atoms with Crippen molar-refractivity contribution in [3.8, 4) is 5.75 Å². The summed E-state index contributed by atoms with van der Waals surface area (Å²) in [7, 11) is 0. The molecule has 1 aromatic carbocycles. The second-order valence-corrected chi connectivity index (χ2v) is 5.87. The highest BCUT2D eigenvalue weighted by Gasteiger charge is 2.27. The summed E-state index contributed by atoms with van der Waals surface area (Å²) < 4.78 is 27.2. The van der Waals surface area contributed by atoms with Crippen LogP contribution in [0.5, 0.6) is 5.75 Å². The van der Waals surface area contributed by atoms with Crippen LogP contribution >= 0.6 is 40.7 Å². The van der Waals surface area contributed by atoms with Crippen LogP contribution in [-0.4, -0.2) is 36.2 Å². The maximum Gasteiger partial charge on any atom is 0.201 e. The van der Waals surface area contributed by atoms with Crippen molar-refractivity contribution in [2.45, 2.75) is 25.8 Å². The van der Waals surface area contributed by atoms with Gasteiger partial charge >= 0.3 is 0 Å². The molecule has 0 amide bonds. The summed E-state index contributed by atoms with van der Waals surface area (Å²) >= 11 is 3.02. The molecule has 2 N–H and O–H groups in total. The maximum absolute atomic E-state index is 13.7. The molecule has 1 saturated heterocycles. The van der Waals surface area contributed by atoms with E-state index in [0.29, 0.717) is 5.56 Å². The summed E-state index contributed by atoms with van der Waals surface area (Å²) in [5.74, 6) is -2.78. The van der Waals surface area contributed by atoms with E-state index in [2.05, 4.69) is 26.1 Å². The van der Waals surface area contributed by atoms with Crippen LogP contribution in [0.15, 0.2) is 10.5 Å². The average molecular weight is 422 g/mol. The molecule has 0 bridgehead atoms. The predicted octanol–water partition coefficient (Wildman–Crippen LogP) is 4.02. The first-order chi connectivity index (χ1) is 9.56. The topological polar surface area (TPSA) is 35.5 Å². The van der Waals surface area contributed by atoms with Gasteiger partial charge in [0.1, 0.15) is 0 Å². The molecule has 1 aliphatic heterocycles. The van der Waals surface area contributed by atoms with E-state index in [-0.39, 0.29) is 35.3 Å². The summed E-state index contributed by atoms with van der Waals surface area (Å²) in [6, 6.07) is 1.41. The zero-order chi connectivity index (χ0) is 14.7. The Morgan fingerprint density at radius 3 is 2.41 bits per heavy atom. The van der Waals surface area contributed by atoms with E-state index in [1.807, 2.05) is 6.92 Å². The number of hydrogen-bond donors (Lipinski definition) is 2. The van der Waals surface area contributed by atoms with E-state index in [9.17, 15) is 13.9 Å². The third-order valence-electron chi connectivity index (χ3n) is 3.68. The minimum atomic E-state index is -1.18. The fourth-order valence-electron chi connectivity index (χ4n) is 2.66. The third-order valence-corrected chi connectivity index (χ3v) is 4.26. The maximum atomic E-state index is 13.7. The van der Waals surface area contributed by atoms with Gasteiger partial charge in [-0.05, 0) is 28.4 Å². The van der Waals surface area contributed by atoms with E-state index in [1.54, 1.807) is 0 Å². The average Bonchev–Trinajstić information content (AvgIpc) is 2.47. The molecule has 1 atom stereocenters. The molecule has 22 heavy (non-hydrogen) atoms. The molecule has 0 saturated carbocycles. The van der Waals surface area contributed by atoms with E-state index in [0.717, 1.165) is 39.0 Å². The molecule has 1 fully saturated rings. The fourth-order valence-corrected chi connectivity index (χ4v) is 3.08. The minimum Gasteiger partial charge on any atom is -0.505 e. The molecule has 0 aliphatic carbocycles. The smallest absolute Gasteiger partial charge is 0.201 e. The van der Waals surface area contributed by atoms with Gasteiger partial charge < -0.3 is 10.4 Å². The van der Waals surface area contributed by atoms with E-state index < -0.39 is 17.4 Å². The van der Waals surface area contributed by atoms with E-state index >= 15 is 0 Å². The van der Waals surface area contributed by atoms with Gasteiger partial charge in [0.2, 0.25) is 5.82 Å². The largest absolute Gasteiger partial charge is 0.505 e. The molecule has 0 unspecified atom stereocenters. The highest BCUT2D eigenvalue weighted by Crippen LogP contribution is 2.37. The van der Waals surface area contributed by atoms with Crippen LogP contribution in [0.2, 0.25) is 0 Å². The van der Waals surface area contributed by atoms with Crippen molar-refractivity contribution in [3.05, 3.63) is 27.7 Å². The van der Waals surface area contributed by atoms with Crippen LogP contribution in [0, 0.1) is 11.6 Å². The Labute approximate surface area is 150 Å². The predicted molar refractivity (Wildman–Crippen MR) is 92.3 cm³/mol. The molecule has 0 spiro atoms. The molecule has 1 heterocycles. The lowest BCUT2D eigenvalue weighted by Gasteiger charge is -2.35. The first kappa shape index (κ1) is 21.9. The zero-order valence-electron chi connectivity index (χ0n) is 12.2. The molecule has 0 aromatic heterocycles. The number of phenols is 1. The summed E-state index contributed by atoms with van der Waals surface area (Å²) in [5.41, 5.74) is 0.458. The normalized spacial score (nSPS) is 16.5. The van der Waals surface area contributed by atoms with Gasteiger partial charge in [0.05, 0.1) is 4.47 Å². The molecule has 1 aliphatic rings. The van der Waals surface area contributed by atoms with Crippen molar-refractivity contribution in [1.29, 1.82) is 0 Å². The Kier molecular flexibility index (Phi) is 9.82. The number of nitrogens with zero attached hydrogens (tertiary/aromatic N) is 1. The molecule has 2 rings (SSSR count). The van der Waals surface area contributed by atoms with Crippen molar-refractivity contribution in [2.24, 2.45) is 0 Å². The highest BCUT2D eigenvalue weighted by atomic mass is 79.9. The first-order valence-corrected chi connectivity index (χ1v) is 7.66. The molecule has 0 radical (unpaired) electrons. The van der Waals surface area contributed by atoms with Crippen LogP contribution in [0.3, 0.4) is 0 Å². The molecular weight excluding hydrogens is 401 g/mol. The summed E-state index contributed by atoms with van der Waals surface area (Å²) in [6.45, 7) is 5.44. The molecule has 1 aromatic rings. The first-order valence-electron chi connectivity index (χ1n) is 6.87. The summed E-state index contributed by atoms with van der Waals surface area (Å²) in [6.07, 6.45) is 1.70. The number of rotatable bonds is 4. The van der Waals surface area contributed by atoms with Crippen LogP contribution in [-0.2, 0) is 0 Å². The van der Waals surface area contributed by atoms with E-state index in [4.69, 9.17) is 0 Å². The van der Waals surface area contributed by atoms with Crippen molar-refractivity contribution < 1.29 is 13.9 Å². The van der Waals surface area contributed by atoms with Crippen molar-refractivity contribution in [3.63, 3.8) is 0 Å². The van der Waals surface area contributed by atoms with Crippen LogP contribution in [0.4, 0.5) is 8.78 Å². The summed E-state index contributed by atoms with van der Waals surface area (Å²) in [4.78, 5) is 2.21.